The van der Waals surface area contributed by atoms with Gasteiger partial charge in [-0.3, -0.25) is 4.40 Å². The summed E-state index contributed by atoms with van der Waals surface area (Å²) in [5, 5.41) is 4.28. The summed E-state index contributed by atoms with van der Waals surface area (Å²) in [6, 6.07) is 5.58. The van der Waals surface area contributed by atoms with Gasteiger partial charge in [-0.1, -0.05) is 19.9 Å². The first-order chi connectivity index (χ1) is 7.68. The van der Waals surface area contributed by atoms with E-state index in [9.17, 15) is 4.79 Å². The Kier molecular flexibility index (Phi) is 3.08. The van der Waals surface area contributed by atoms with Gasteiger partial charge in [-0.15, -0.1) is 5.10 Å². The molecular formula is C12H17N3O. The zero-order valence-corrected chi connectivity index (χ0v) is 9.76. The quantitative estimate of drug-likeness (QED) is 0.788. The average Bonchev–Trinajstić information content (AvgIpc) is 2.56. The van der Waals surface area contributed by atoms with Crippen molar-refractivity contribution < 1.29 is 0 Å². The first kappa shape index (κ1) is 10.9. The van der Waals surface area contributed by atoms with Crippen molar-refractivity contribution in [3.05, 3.63) is 34.9 Å². The number of hydrogen-bond acceptors (Lipinski definition) is 2. The van der Waals surface area contributed by atoms with Gasteiger partial charge < -0.3 is 0 Å². The topological polar surface area (TPSA) is 39.3 Å². The lowest BCUT2D eigenvalue weighted by Crippen LogP contribution is -2.21. The summed E-state index contributed by atoms with van der Waals surface area (Å²) in [5.74, 6) is 0.674. The third-order valence-electron chi connectivity index (χ3n) is 2.64. The van der Waals surface area contributed by atoms with E-state index < -0.39 is 0 Å². The number of pyridine rings is 1. The van der Waals surface area contributed by atoms with E-state index in [1.165, 1.54) is 0 Å². The van der Waals surface area contributed by atoms with Crippen LogP contribution in [0.25, 0.3) is 5.65 Å². The third kappa shape index (κ3) is 2.15. The highest BCUT2D eigenvalue weighted by atomic mass is 16.2. The lowest BCUT2D eigenvalue weighted by Gasteiger charge is -2.02. The Hall–Kier alpha value is -1.58. The van der Waals surface area contributed by atoms with Gasteiger partial charge in [-0.25, -0.2) is 9.48 Å². The third-order valence-corrected chi connectivity index (χ3v) is 2.64. The van der Waals surface area contributed by atoms with Gasteiger partial charge in [0.1, 0.15) is 0 Å². The summed E-state index contributed by atoms with van der Waals surface area (Å²) >= 11 is 0. The molecule has 0 radical (unpaired) electrons. The molecule has 0 bridgehead atoms. The molecular weight excluding hydrogens is 202 g/mol. The fourth-order valence-electron chi connectivity index (χ4n) is 1.76. The van der Waals surface area contributed by atoms with Gasteiger partial charge >= 0.3 is 5.69 Å². The Balaban J connectivity index is 2.19. The summed E-state index contributed by atoms with van der Waals surface area (Å²) in [6.45, 7) is 5.08. The van der Waals surface area contributed by atoms with E-state index in [0.717, 1.165) is 18.5 Å². The van der Waals surface area contributed by atoms with Gasteiger partial charge in [0.05, 0.1) is 0 Å². The molecule has 2 aromatic heterocycles. The molecule has 0 aliphatic carbocycles. The van der Waals surface area contributed by atoms with Crippen molar-refractivity contribution in [1.29, 1.82) is 0 Å². The van der Waals surface area contributed by atoms with Crippen molar-refractivity contribution in [3.63, 3.8) is 0 Å². The van der Waals surface area contributed by atoms with E-state index in [-0.39, 0.29) is 5.69 Å². The molecule has 0 aromatic carbocycles. The van der Waals surface area contributed by atoms with Crippen molar-refractivity contribution >= 4 is 5.65 Å². The Morgan fingerprint density at radius 1 is 1.38 bits per heavy atom. The van der Waals surface area contributed by atoms with Crippen LogP contribution < -0.4 is 5.69 Å². The van der Waals surface area contributed by atoms with Crippen LogP contribution in [0.5, 0.6) is 0 Å². The lowest BCUT2D eigenvalue weighted by atomic mass is 10.1. The van der Waals surface area contributed by atoms with Crippen LogP contribution in [0, 0.1) is 5.92 Å². The molecule has 0 atom stereocenters. The van der Waals surface area contributed by atoms with Crippen LogP contribution in [0.3, 0.4) is 0 Å². The summed E-state index contributed by atoms with van der Waals surface area (Å²) in [5.41, 5.74) is 0.677. The minimum absolute atomic E-state index is 0.0423. The van der Waals surface area contributed by atoms with Crippen molar-refractivity contribution in [1.82, 2.24) is 14.2 Å². The molecule has 0 unspecified atom stereocenters. The predicted molar refractivity (Wildman–Crippen MR) is 63.5 cm³/mol. The van der Waals surface area contributed by atoms with Gasteiger partial charge in [-0.2, -0.15) is 0 Å². The van der Waals surface area contributed by atoms with Crippen molar-refractivity contribution in [2.24, 2.45) is 5.92 Å². The molecule has 2 aromatic rings. The molecule has 0 N–H and O–H groups in total. The molecule has 0 saturated carbocycles. The van der Waals surface area contributed by atoms with Crippen molar-refractivity contribution in [2.75, 3.05) is 0 Å². The number of aryl methyl sites for hydroxylation is 1. The molecule has 16 heavy (non-hydrogen) atoms. The Morgan fingerprint density at radius 2 is 2.19 bits per heavy atom. The maximum atomic E-state index is 11.9. The molecule has 4 heteroatoms. The first-order valence-corrected chi connectivity index (χ1v) is 5.72. The molecule has 0 aliphatic heterocycles. The second kappa shape index (κ2) is 4.51. The van der Waals surface area contributed by atoms with Crippen LogP contribution in [-0.4, -0.2) is 14.2 Å². The smallest absolute Gasteiger partial charge is 0.250 e. The molecule has 0 saturated heterocycles. The molecule has 86 valence electrons. The maximum Gasteiger partial charge on any atom is 0.350 e. The molecule has 0 aliphatic rings. The standard InChI is InChI=1S/C12H17N3O/c1-10(2)6-5-9-15-12(16)14-8-4-3-7-11(14)13-15/h3-4,7-8,10H,5-6,9H2,1-2H3. The van der Waals surface area contributed by atoms with Gasteiger partial charge in [-0.05, 0) is 30.9 Å². The summed E-state index contributed by atoms with van der Waals surface area (Å²) < 4.78 is 3.13. The van der Waals surface area contributed by atoms with Gasteiger partial charge in [0, 0.05) is 12.7 Å². The summed E-state index contributed by atoms with van der Waals surface area (Å²) in [7, 11) is 0. The largest absolute Gasteiger partial charge is 0.350 e. The van der Waals surface area contributed by atoms with Crippen LogP contribution in [0.4, 0.5) is 0 Å². The zero-order chi connectivity index (χ0) is 11.5. The highest BCUT2D eigenvalue weighted by Gasteiger charge is 2.05. The highest BCUT2D eigenvalue weighted by Crippen LogP contribution is 2.04. The minimum atomic E-state index is -0.0423. The summed E-state index contributed by atoms with van der Waals surface area (Å²) in [6.07, 6.45) is 3.88. The monoisotopic (exact) mass is 219 g/mol. The fraction of sp³-hybridized carbons (Fsp3) is 0.500. The number of aromatic nitrogens is 3. The van der Waals surface area contributed by atoms with E-state index >= 15 is 0 Å². The zero-order valence-electron chi connectivity index (χ0n) is 9.76. The number of fused-ring (bicyclic) bond motifs is 1. The molecule has 2 rings (SSSR count). The van der Waals surface area contributed by atoms with Crippen LogP contribution in [0.1, 0.15) is 26.7 Å². The van der Waals surface area contributed by atoms with Gasteiger partial charge in [0.2, 0.25) is 0 Å². The van der Waals surface area contributed by atoms with Gasteiger partial charge in [0.25, 0.3) is 0 Å². The van der Waals surface area contributed by atoms with Crippen LogP contribution in [-0.2, 0) is 6.54 Å². The molecule has 0 amide bonds. The van der Waals surface area contributed by atoms with Crippen LogP contribution in [0.15, 0.2) is 29.2 Å². The molecule has 2 heterocycles. The second-order valence-corrected chi connectivity index (χ2v) is 4.47. The lowest BCUT2D eigenvalue weighted by molar-refractivity contribution is 0.482. The van der Waals surface area contributed by atoms with E-state index in [4.69, 9.17) is 0 Å². The minimum Gasteiger partial charge on any atom is -0.250 e. The van der Waals surface area contributed by atoms with E-state index in [1.54, 1.807) is 15.3 Å². The highest BCUT2D eigenvalue weighted by molar-refractivity contribution is 5.35. The molecule has 0 spiro atoms. The fourth-order valence-corrected chi connectivity index (χ4v) is 1.76. The maximum absolute atomic E-state index is 11.9. The average molecular weight is 219 g/mol. The van der Waals surface area contributed by atoms with Crippen LogP contribution in [0.2, 0.25) is 0 Å². The Morgan fingerprint density at radius 3 is 2.88 bits per heavy atom. The SMILES string of the molecule is CC(C)CCCn1nc2ccccn2c1=O. The predicted octanol–water partition coefficient (Wildman–Crippen LogP) is 1.93. The van der Waals surface area contributed by atoms with E-state index in [1.807, 2.05) is 18.2 Å². The van der Waals surface area contributed by atoms with Crippen molar-refractivity contribution in [2.45, 2.75) is 33.2 Å². The number of rotatable bonds is 4. The Labute approximate surface area is 94.5 Å². The van der Waals surface area contributed by atoms with Gasteiger partial charge in [0.15, 0.2) is 5.65 Å². The van der Waals surface area contributed by atoms with E-state index in [0.29, 0.717) is 12.5 Å². The first-order valence-electron chi connectivity index (χ1n) is 5.72. The summed E-state index contributed by atoms with van der Waals surface area (Å²) in [4.78, 5) is 11.9. The van der Waals surface area contributed by atoms with E-state index in [2.05, 4.69) is 18.9 Å². The van der Waals surface area contributed by atoms with Crippen LogP contribution >= 0.6 is 0 Å². The Bertz CT molecular complexity index is 524. The van der Waals surface area contributed by atoms with Crippen molar-refractivity contribution in [3.8, 4) is 0 Å². The number of nitrogens with zero attached hydrogens (tertiary/aromatic N) is 3. The second-order valence-electron chi connectivity index (χ2n) is 4.47. The normalized spacial score (nSPS) is 11.4. The molecule has 0 fully saturated rings. The molecule has 4 nitrogen and oxygen atoms in total. The number of hydrogen-bond donors (Lipinski definition) is 0.